The molecule has 9 heteroatoms. The van der Waals surface area contributed by atoms with Gasteiger partial charge in [0.2, 0.25) is 0 Å². The van der Waals surface area contributed by atoms with E-state index < -0.39 is 18.1 Å². The molecule has 0 unspecified atom stereocenters. The second kappa shape index (κ2) is 7.41. The molecule has 0 radical (unpaired) electrons. The Kier molecular flexibility index (Phi) is 5.53. The summed E-state index contributed by atoms with van der Waals surface area (Å²) in [6.45, 7) is -0.281. The van der Waals surface area contributed by atoms with Gasteiger partial charge in [-0.3, -0.25) is 0 Å². The SMILES string of the molecule is O=C(Nc1cc(Cl)cc(OC(F)(F)F)c1)Nc1ccccc1CO. The van der Waals surface area contributed by atoms with Gasteiger partial charge >= 0.3 is 12.4 Å². The number of rotatable bonds is 4. The topological polar surface area (TPSA) is 70.6 Å². The molecule has 2 amide bonds. The van der Waals surface area contributed by atoms with Crippen LogP contribution < -0.4 is 15.4 Å². The van der Waals surface area contributed by atoms with E-state index in [9.17, 15) is 23.1 Å². The van der Waals surface area contributed by atoms with E-state index in [1.165, 1.54) is 6.07 Å². The smallest absolute Gasteiger partial charge is 0.406 e. The zero-order valence-electron chi connectivity index (χ0n) is 12.0. The molecular formula is C15H12ClF3N2O3. The number of alkyl halides is 3. The fraction of sp³-hybridized carbons (Fsp3) is 0.133. The number of aliphatic hydroxyl groups excluding tert-OH is 1. The molecule has 24 heavy (non-hydrogen) atoms. The van der Waals surface area contributed by atoms with E-state index in [-0.39, 0.29) is 17.3 Å². The molecule has 0 bridgehead atoms. The van der Waals surface area contributed by atoms with E-state index in [1.54, 1.807) is 24.3 Å². The van der Waals surface area contributed by atoms with Gasteiger partial charge in [0.15, 0.2) is 0 Å². The van der Waals surface area contributed by atoms with Crippen molar-refractivity contribution in [1.29, 1.82) is 0 Å². The number of halogens is 4. The number of para-hydroxylation sites is 1. The molecule has 128 valence electrons. The van der Waals surface area contributed by atoms with Crippen molar-refractivity contribution in [3.05, 3.63) is 53.1 Å². The molecule has 0 aromatic heterocycles. The predicted octanol–water partition coefficient (Wildman–Crippen LogP) is 4.37. The fourth-order valence-electron chi connectivity index (χ4n) is 1.89. The van der Waals surface area contributed by atoms with E-state index in [2.05, 4.69) is 15.4 Å². The standard InChI is InChI=1S/C15H12ClF3N2O3/c16-10-5-11(7-12(6-10)24-15(17,18)19)20-14(23)21-13-4-2-1-3-9(13)8-22/h1-7,22H,8H2,(H2,20,21,23). The Morgan fingerprint density at radius 1 is 1.17 bits per heavy atom. The molecule has 0 heterocycles. The highest BCUT2D eigenvalue weighted by atomic mass is 35.5. The van der Waals surface area contributed by atoms with Crippen molar-refractivity contribution in [2.75, 3.05) is 10.6 Å². The molecule has 0 spiro atoms. The zero-order chi connectivity index (χ0) is 17.7. The van der Waals surface area contributed by atoms with Crippen LogP contribution in [0.25, 0.3) is 0 Å². The Balaban J connectivity index is 2.11. The number of carbonyl (C=O) groups excluding carboxylic acids is 1. The predicted molar refractivity (Wildman–Crippen MR) is 83.1 cm³/mol. The van der Waals surface area contributed by atoms with Gasteiger partial charge in [-0.2, -0.15) is 0 Å². The van der Waals surface area contributed by atoms with E-state index in [0.717, 1.165) is 12.1 Å². The summed E-state index contributed by atoms with van der Waals surface area (Å²) in [4.78, 5) is 11.9. The molecule has 5 nitrogen and oxygen atoms in total. The summed E-state index contributed by atoms with van der Waals surface area (Å²) in [6.07, 6.45) is -4.87. The lowest BCUT2D eigenvalue weighted by Crippen LogP contribution is -2.21. The van der Waals surface area contributed by atoms with Crippen LogP contribution in [0.2, 0.25) is 5.02 Å². The highest BCUT2D eigenvalue weighted by molar-refractivity contribution is 6.31. The molecule has 0 aliphatic heterocycles. The van der Waals surface area contributed by atoms with Crippen molar-refractivity contribution < 1.29 is 27.8 Å². The third-order valence-corrected chi connectivity index (χ3v) is 3.02. The number of nitrogens with one attached hydrogen (secondary N) is 2. The average Bonchev–Trinajstić information content (AvgIpc) is 2.45. The van der Waals surface area contributed by atoms with Gasteiger partial charge in [-0.25, -0.2) is 4.79 Å². The molecule has 0 aliphatic carbocycles. The van der Waals surface area contributed by atoms with E-state index in [1.807, 2.05) is 0 Å². The lowest BCUT2D eigenvalue weighted by Gasteiger charge is -2.13. The number of carbonyl (C=O) groups is 1. The Morgan fingerprint density at radius 3 is 2.54 bits per heavy atom. The van der Waals surface area contributed by atoms with Crippen molar-refractivity contribution in [3.63, 3.8) is 0 Å². The molecular weight excluding hydrogens is 349 g/mol. The van der Waals surface area contributed by atoms with Gasteiger partial charge in [-0.1, -0.05) is 29.8 Å². The normalized spacial score (nSPS) is 11.0. The van der Waals surface area contributed by atoms with Crippen LogP contribution in [-0.2, 0) is 6.61 Å². The minimum atomic E-state index is -4.87. The summed E-state index contributed by atoms with van der Waals surface area (Å²) in [5.41, 5.74) is 0.867. The Morgan fingerprint density at radius 2 is 1.88 bits per heavy atom. The quantitative estimate of drug-likeness (QED) is 0.758. The largest absolute Gasteiger partial charge is 0.573 e. The summed E-state index contributed by atoms with van der Waals surface area (Å²) in [5.74, 6) is -0.555. The first-order valence-electron chi connectivity index (χ1n) is 6.60. The Labute approximate surface area is 140 Å². The summed E-state index contributed by atoms with van der Waals surface area (Å²) >= 11 is 5.72. The summed E-state index contributed by atoms with van der Waals surface area (Å²) < 4.78 is 40.5. The molecule has 3 N–H and O–H groups in total. The molecule has 0 saturated carbocycles. The molecule has 0 atom stereocenters. The highest BCUT2D eigenvalue weighted by Gasteiger charge is 2.31. The molecule has 0 saturated heterocycles. The van der Waals surface area contributed by atoms with Gasteiger partial charge in [-0.15, -0.1) is 13.2 Å². The van der Waals surface area contributed by atoms with Crippen molar-refractivity contribution in [2.45, 2.75) is 13.0 Å². The lowest BCUT2D eigenvalue weighted by molar-refractivity contribution is -0.274. The first-order chi connectivity index (χ1) is 11.3. The first-order valence-corrected chi connectivity index (χ1v) is 6.98. The monoisotopic (exact) mass is 360 g/mol. The van der Waals surface area contributed by atoms with E-state index in [0.29, 0.717) is 11.3 Å². The summed E-state index contributed by atoms with van der Waals surface area (Å²) in [7, 11) is 0. The van der Waals surface area contributed by atoms with Crippen LogP contribution in [0.15, 0.2) is 42.5 Å². The number of benzene rings is 2. The second-order valence-corrected chi connectivity index (χ2v) is 5.05. The molecule has 2 aromatic rings. The van der Waals surface area contributed by atoms with Crippen LogP contribution >= 0.6 is 11.6 Å². The number of urea groups is 1. The fourth-order valence-corrected chi connectivity index (χ4v) is 2.12. The maximum Gasteiger partial charge on any atom is 0.573 e. The minimum absolute atomic E-state index is 0.0146. The van der Waals surface area contributed by atoms with Crippen molar-refractivity contribution >= 4 is 29.0 Å². The highest BCUT2D eigenvalue weighted by Crippen LogP contribution is 2.29. The van der Waals surface area contributed by atoms with Gasteiger partial charge in [0.25, 0.3) is 0 Å². The van der Waals surface area contributed by atoms with Gasteiger partial charge in [-0.05, 0) is 18.2 Å². The average molecular weight is 361 g/mol. The summed E-state index contributed by atoms with van der Waals surface area (Å²) in [6, 6.07) is 9.04. The van der Waals surface area contributed by atoms with Crippen LogP contribution in [0.5, 0.6) is 5.75 Å². The zero-order valence-corrected chi connectivity index (χ0v) is 12.8. The number of ether oxygens (including phenoxy) is 1. The number of amides is 2. The van der Waals surface area contributed by atoms with E-state index >= 15 is 0 Å². The van der Waals surface area contributed by atoms with Crippen LogP contribution in [-0.4, -0.2) is 17.5 Å². The first kappa shape index (κ1) is 17.9. The molecule has 2 rings (SSSR count). The van der Waals surface area contributed by atoms with Crippen molar-refractivity contribution in [1.82, 2.24) is 0 Å². The number of aliphatic hydroxyl groups is 1. The van der Waals surface area contributed by atoms with Crippen LogP contribution in [0.4, 0.5) is 29.3 Å². The van der Waals surface area contributed by atoms with Crippen LogP contribution in [0, 0.1) is 0 Å². The van der Waals surface area contributed by atoms with Gasteiger partial charge in [0, 0.05) is 28.0 Å². The minimum Gasteiger partial charge on any atom is -0.406 e. The maximum atomic E-state index is 12.2. The van der Waals surface area contributed by atoms with Crippen LogP contribution in [0.1, 0.15) is 5.56 Å². The number of hydrogen-bond donors (Lipinski definition) is 3. The molecule has 0 fully saturated rings. The second-order valence-electron chi connectivity index (χ2n) is 4.62. The third-order valence-electron chi connectivity index (χ3n) is 2.80. The van der Waals surface area contributed by atoms with Crippen LogP contribution in [0.3, 0.4) is 0 Å². The van der Waals surface area contributed by atoms with Gasteiger partial charge in [0.05, 0.1) is 6.61 Å². The Hall–Kier alpha value is -2.45. The van der Waals surface area contributed by atoms with Gasteiger partial charge < -0.3 is 20.5 Å². The molecule has 2 aromatic carbocycles. The number of anilines is 2. The molecule has 0 aliphatic rings. The van der Waals surface area contributed by atoms with Gasteiger partial charge in [0.1, 0.15) is 5.75 Å². The van der Waals surface area contributed by atoms with Crippen molar-refractivity contribution in [3.8, 4) is 5.75 Å². The summed E-state index contributed by atoms with van der Waals surface area (Å²) in [5, 5.41) is 14.0. The van der Waals surface area contributed by atoms with Crippen molar-refractivity contribution in [2.24, 2.45) is 0 Å². The third kappa shape index (κ3) is 5.32. The van der Waals surface area contributed by atoms with E-state index in [4.69, 9.17) is 11.6 Å². The maximum absolute atomic E-state index is 12.2. The number of hydrogen-bond acceptors (Lipinski definition) is 3. The lowest BCUT2D eigenvalue weighted by atomic mass is 10.2. The Bertz CT molecular complexity index is 738.